The quantitative estimate of drug-likeness (QED) is 0.875. The van der Waals surface area contributed by atoms with Gasteiger partial charge in [0.2, 0.25) is 0 Å². The number of halogens is 1. The molecule has 1 heterocycles. The van der Waals surface area contributed by atoms with Crippen LogP contribution in [0.3, 0.4) is 0 Å². The lowest BCUT2D eigenvalue weighted by Crippen LogP contribution is -2.26. The van der Waals surface area contributed by atoms with E-state index in [4.69, 9.17) is 4.42 Å². The standard InChI is InChI=1S/C10H16BrNO2S/c1-8(5-6-15(2)13)12-7-9-3-4-10(11)14-9/h3-4,8,12H,5-7H2,1-2H3. The van der Waals surface area contributed by atoms with Crippen molar-refractivity contribution in [3.63, 3.8) is 0 Å². The van der Waals surface area contributed by atoms with E-state index in [9.17, 15) is 4.21 Å². The van der Waals surface area contributed by atoms with Crippen molar-refractivity contribution in [1.82, 2.24) is 5.32 Å². The molecule has 1 aromatic rings. The average Bonchev–Trinajstić information content (AvgIpc) is 2.58. The molecule has 15 heavy (non-hydrogen) atoms. The van der Waals surface area contributed by atoms with Crippen molar-refractivity contribution in [3.8, 4) is 0 Å². The molecule has 2 atom stereocenters. The Morgan fingerprint density at radius 3 is 2.87 bits per heavy atom. The van der Waals surface area contributed by atoms with Gasteiger partial charge in [0.25, 0.3) is 0 Å². The molecule has 0 spiro atoms. The van der Waals surface area contributed by atoms with Gasteiger partial charge in [-0.2, -0.15) is 0 Å². The molecule has 86 valence electrons. The van der Waals surface area contributed by atoms with E-state index in [1.54, 1.807) is 6.26 Å². The van der Waals surface area contributed by atoms with Gasteiger partial charge in [0.05, 0.1) is 6.54 Å². The van der Waals surface area contributed by atoms with Crippen LogP contribution in [-0.4, -0.2) is 22.3 Å². The van der Waals surface area contributed by atoms with Gasteiger partial charge in [-0.15, -0.1) is 0 Å². The SMILES string of the molecule is CC(CCS(C)=O)NCc1ccc(Br)o1. The minimum atomic E-state index is -0.701. The minimum absolute atomic E-state index is 0.359. The van der Waals surface area contributed by atoms with Crippen LogP contribution in [-0.2, 0) is 17.3 Å². The van der Waals surface area contributed by atoms with Gasteiger partial charge >= 0.3 is 0 Å². The van der Waals surface area contributed by atoms with Crippen LogP contribution in [0.25, 0.3) is 0 Å². The smallest absolute Gasteiger partial charge is 0.169 e. The van der Waals surface area contributed by atoms with Gasteiger partial charge in [-0.3, -0.25) is 4.21 Å². The zero-order valence-electron chi connectivity index (χ0n) is 8.96. The van der Waals surface area contributed by atoms with Gasteiger partial charge in [-0.05, 0) is 41.4 Å². The predicted molar refractivity (Wildman–Crippen MR) is 66.3 cm³/mol. The molecule has 0 aromatic carbocycles. The van der Waals surface area contributed by atoms with E-state index in [1.807, 2.05) is 12.1 Å². The zero-order chi connectivity index (χ0) is 11.3. The van der Waals surface area contributed by atoms with Gasteiger partial charge in [0.1, 0.15) is 5.76 Å². The van der Waals surface area contributed by atoms with Gasteiger partial charge in [0.15, 0.2) is 4.67 Å². The normalized spacial score (nSPS) is 15.1. The highest BCUT2D eigenvalue weighted by Gasteiger charge is 2.04. The minimum Gasteiger partial charge on any atom is -0.453 e. The molecule has 0 bridgehead atoms. The topological polar surface area (TPSA) is 42.2 Å². The third-order valence-corrected chi connectivity index (χ3v) is 3.33. The van der Waals surface area contributed by atoms with Crippen molar-refractivity contribution in [2.75, 3.05) is 12.0 Å². The summed E-state index contributed by atoms with van der Waals surface area (Å²) < 4.78 is 17.0. The van der Waals surface area contributed by atoms with E-state index in [0.29, 0.717) is 12.6 Å². The molecule has 3 nitrogen and oxygen atoms in total. The van der Waals surface area contributed by atoms with Crippen LogP contribution in [0.5, 0.6) is 0 Å². The van der Waals surface area contributed by atoms with Crippen molar-refractivity contribution >= 4 is 26.7 Å². The van der Waals surface area contributed by atoms with E-state index >= 15 is 0 Å². The number of rotatable bonds is 6. The summed E-state index contributed by atoms with van der Waals surface area (Å²) >= 11 is 3.25. The summed E-state index contributed by atoms with van der Waals surface area (Å²) in [5.41, 5.74) is 0. The number of furan rings is 1. The largest absolute Gasteiger partial charge is 0.453 e. The molecule has 5 heteroatoms. The lowest BCUT2D eigenvalue weighted by Gasteiger charge is -2.11. The molecule has 0 aliphatic rings. The summed E-state index contributed by atoms with van der Waals surface area (Å²) in [7, 11) is -0.701. The molecule has 0 radical (unpaired) electrons. The van der Waals surface area contributed by atoms with Gasteiger partial charge < -0.3 is 9.73 Å². The molecule has 2 unspecified atom stereocenters. The van der Waals surface area contributed by atoms with Crippen LogP contribution in [0.4, 0.5) is 0 Å². The van der Waals surface area contributed by atoms with E-state index in [1.165, 1.54) is 0 Å². The Kier molecular flexibility index (Phi) is 5.56. The Balaban J connectivity index is 2.22. The van der Waals surface area contributed by atoms with E-state index in [-0.39, 0.29) is 0 Å². The summed E-state index contributed by atoms with van der Waals surface area (Å²) in [6.07, 6.45) is 2.65. The average molecular weight is 294 g/mol. The van der Waals surface area contributed by atoms with Crippen LogP contribution in [0, 0.1) is 0 Å². The van der Waals surface area contributed by atoms with E-state index in [2.05, 4.69) is 28.2 Å². The Labute approximate surface area is 101 Å². The monoisotopic (exact) mass is 293 g/mol. The fourth-order valence-electron chi connectivity index (χ4n) is 1.17. The molecular weight excluding hydrogens is 278 g/mol. The molecule has 1 aromatic heterocycles. The molecule has 0 fully saturated rings. The molecule has 0 aliphatic carbocycles. The summed E-state index contributed by atoms with van der Waals surface area (Å²) in [5, 5.41) is 3.32. The highest BCUT2D eigenvalue weighted by molar-refractivity contribution is 9.10. The van der Waals surface area contributed by atoms with Crippen LogP contribution in [0.2, 0.25) is 0 Å². The molecule has 0 aliphatic heterocycles. The van der Waals surface area contributed by atoms with Gasteiger partial charge in [-0.25, -0.2) is 0 Å². The first-order chi connectivity index (χ1) is 7.08. The highest BCUT2D eigenvalue weighted by Crippen LogP contribution is 2.13. The maximum Gasteiger partial charge on any atom is 0.169 e. The van der Waals surface area contributed by atoms with Crippen molar-refractivity contribution in [2.24, 2.45) is 0 Å². The van der Waals surface area contributed by atoms with Crippen molar-refractivity contribution < 1.29 is 8.63 Å². The van der Waals surface area contributed by atoms with Crippen molar-refractivity contribution in [2.45, 2.75) is 25.9 Å². The highest BCUT2D eigenvalue weighted by atomic mass is 79.9. The second kappa shape index (κ2) is 6.45. The van der Waals surface area contributed by atoms with Crippen LogP contribution < -0.4 is 5.32 Å². The zero-order valence-corrected chi connectivity index (χ0v) is 11.4. The van der Waals surface area contributed by atoms with E-state index in [0.717, 1.165) is 22.6 Å². The lowest BCUT2D eigenvalue weighted by atomic mass is 10.2. The first-order valence-corrected chi connectivity index (χ1v) is 7.37. The maximum atomic E-state index is 10.9. The number of hydrogen-bond donors (Lipinski definition) is 1. The first-order valence-electron chi connectivity index (χ1n) is 4.85. The maximum absolute atomic E-state index is 10.9. The Hall–Kier alpha value is -0.130. The molecule has 1 rings (SSSR count). The molecular formula is C10H16BrNO2S. The van der Waals surface area contributed by atoms with Crippen molar-refractivity contribution in [3.05, 3.63) is 22.6 Å². The molecule has 0 saturated carbocycles. The third kappa shape index (κ3) is 5.49. The second-order valence-electron chi connectivity index (χ2n) is 3.55. The molecule has 0 saturated heterocycles. The fourth-order valence-corrected chi connectivity index (χ4v) is 2.19. The third-order valence-electron chi connectivity index (χ3n) is 2.09. The lowest BCUT2D eigenvalue weighted by molar-refractivity contribution is 0.439. The number of nitrogens with one attached hydrogen (secondary N) is 1. The van der Waals surface area contributed by atoms with E-state index < -0.39 is 10.8 Å². The Morgan fingerprint density at radius 2 is 2.33 bits per heavy atom. The van der Waals surface area contributed by atoms with Crippen LogP contribution >= 0.6 is 15.9 Å². The van der Waals surface area contributed by atoms with Crippen LogP contribution in [0.15, 0.2) is 21.2 Å². The van der Waals surface area contributed by atoms with Gasteiger partial charge in [-0.1, -0.05) is 0 Å². The summed E-state index contributed by atoms with van der Waals surface area (Å²) in [4.78, 5) is 0. The summed E-state index contributed by atoms with van der Waals surface area (Å²) in [6, 6.07) is 4.17. The predicted octanol–water partition coefficient (Wildman–Crippen LogP) is 2.29. The van der Waals surface area contributed by atoms with Crippen LogP contribution in [0.1, 0.15) is 19.1 Å². The Bertz CT molecular complexity index is 327. The molecule has 0 amide bonds. The molecule has 1 N–H and O–H groups in total. The van der Waals surface area contributed by atoms with Crippen molar-refractivity contribution in [1.29, 1.82) is 0 Å². The number of hydrogen-bond acceptors (Lipinski definition) is 3. The summed E-state index contributed by atoms with van der Waals surface area (Å²) in [5.74, 6) is 1.65. The summed E-state index contributed by atoms with van der Waals surface area (Å²) in [6.45, 7) is 2.80. The Morgan fingerprint density at radius 1 is 1.60 bits per heavy atom. The first kappa shape index (κ1) is 12.9. The van der Waals surface area contributed by atoms with Gasteiger partial charge in [0, 0.05) is 28.9 Å². The second-order valence-corrected chi connectivity index (χ2v) is 5.89. The fraction of sp³-hybridized carbons (Fsp3) is 0.600.